The maximum absolute atomic E-state index is 5.88. The minimum absolute atomic E-state index is 0.440. The van der Waals surface area contributed by atoms with E-state index in [9.17, 15) is 0 Å². The average Bonchev–Trinajstić information content (AvgIpc) is 2.83. The van der Waals surface area contributed by atoms with Crippen LogP contribution in [0.3, 0.4) is 0 Å². The van der Waals surface area contributed by atoms with Crippen molar-refractivity contribution in [1.29, 1.82) is 0 Å². The Bertz CT molecular complexity index is 694. The van der Waals surface area contributed by atoms with E-state index < -0.39 is 0 Å². The first-order valence-electron chi connectivity index (χ1n) is 5.05. The fraction of sp³-hybridized carbons (Fsp3) is 0.100. The number of nitrogen functional groups attached to an aromatic ring is 2. The molecule has 0 unspecified atom stereocenters. The lowest BCUT2D eigenvalue weighted by Gasteiger charge is -1.95. The van der Waals surface area contributed by atoms with Gasteiger partial charge in [0.05, 0.1) is 17.3 Å². The number of nitrogens with two attached hydrogens (primary N) is 2. The maximum Gasteiger partial charge on any atom is 0.180 e. The molecule has 0 aliphatic carbocycles. The van der Waals surface area contributed by atoms with Gasteiger partial charge in [0.25, 0.3) is 0 Å². The van der Waals surface area contributed by atoms with Gasteiger partial charge in [0.1, 0.15) is 17.5 Å². The van der Waals surface area contributed by atoms with Gasteiger partial charge in [0, 0.05) is 7.05 Å². The van der Waals surface area contributed by atoms with Crippen molar-refractivity contribution < 1.29 is 0 Å². The molecule has 0 aromatic carbocycles. The summed E-state index contributed by atoms with van der Waals surface area (Å²) in [7, 11) is 1.78. The molecule has 3 rings (SSSR count). The number of aryl methyl sites for hydroxylation is 1. The third kappa shape index (κ3) is 1.40. The standard InChI is InChI=1S/C10H11N7/c1-17-8(12)5(4-13-17)9-14-6-2-3-7(11)15-10(6)16-9/h2-4H,12H2,1H3,(H3,11,14,15,16). The van der Waals surface area contributed by atoms with Crippen LogP contribution in [-0.2, 0) is 7.05 Å². The molecule has 3 aromatic rings. The van der Waals surface area contributed by atoms with Crippen LogP contribution < -0.4 is 11.5 Å². The molecule has 0 spiro atoms. The summed E-state index contributed by atoms with van der Waals surface area (Å²) in [5.74, 6) is 1.63. The van der Waals surface area contributed by atoms with Gasteiger partial charge in [-0.25, -0.2) is 9.97 Å². The van der Waals surface area contributed by atoms with Crippen LogP contribution in [0.4, 0.5) is 11.6 Å². The van der Waals surface area contributed by atoms with Crippen LogP contribution in [0, 0.1) is 0 Å². The molecule has 17 heavy (non-hydrogen) atoms. The first-order valence-corrected chi connectivity index (χ1v) is 5.05. The molecule has 0 amide bonds. The summed E-state index contributed by atoms with van der Waals surface area (Å²) < 4.78 is 1.59. The van der Waals surface area contributed by atoms with Gasteiger partial charge in [-0.05, 0) is 12.1 Å². The number of hydrogen-bond acceptors (Lipinski definition) is 5. The van der Waals surface area contributed by atoms with Crippen molar-refractivity contribution in [3.8, 4) is 11.4 Å². The van der Waals surface area contributed by atoms with Crippen LogP contribution >= 0.6 is 0 Å². The number of rotatable bonds is 1. The molecule has 0 saturated carbocycles. The number of nitrogens with zero attached hydrogens (tertiary/aromatic N) is 4. The Balaban J connectivity index is 2.21. The SMILES string of the molecule is Cn1ncc(-c2nc3nc(N)ccc3[nH]2)c1N. The average molecular weight is 229 g/mol. The van der Waals surface area contributed by atoms with E-state index in [2.05, 4.69) is 20.1 Å². The Morgan fingerprint density at radius 2 is 2.06 bits per heavy atom. The van der Waals surface area contributed by atoms with E-state index in [0.29, 0.717) is 23.1 Å². The van der Waals surface area contributed by atoms with E-state index in [0.717, 1.165) is 11.1 Å². The van der Waals surface area contributed by atoms with Crippen molar-refractivity contribution >= 4 is 22.8 Å². The number of fused-ring (bicyclic) bond motifs is 1. The van der Waals surface area contributed by atoms with Gasteiger partial charge in [-0.3, -0.25) is 4.68 Å². The Kier molecular flexibility index (Phi) is 1.82. The molecule has 3 heterocycles. The summed E-state index contributed by atoms with van der Waals surface area (Å²) in [6.07, 6.45) is 1.66. The van der Waals surface area contributed by atoms with Crippen molar-refractivity contribution in [1.82, 2.24) is 24.7 Å². The molecular weight excluding hydrogens is 218 g/mol. The van der Waals surface area contributed by atoms with E-state index in [4.69, 9.17) is 11.5 Å². The second-order valence-electron chi connectivity index (χ2n) is 3.76. The van der Waals surface area contributed by atoms with Gasteiger partial charge in [-0.1, -0.05) is 0 Å². The monoisotopic (exact) mass is 229 g/mol. The van der Waals surface area contributed by atoms with E-state index in [1.807, 2.05) is 6.07 Å². The van der Waals surface area contributed by atoms with Gasteiger partial charge in [0.15, 0.2) is 5.65 Å². The second kappa shape index (κ2) is 3.21. The highest BCUT2D eigenvalue weighted by Crippen LogP contribution is 2.24. The third-order valence-corrected chi connectivity index (χ3v) is 2.61. The minimum Gasteiger partial charge on any atom is -0.384 e. The Labute approximate surface area is 96.5 Å². The fourth-order valence-electron chi connectivity index (χ4n) is 1.66. The number of hydrogen-bond donors (Lipinski definition) is 3. The molecule has 0 bridgehead atoms. The number of nitrogens with one attached hydrogen (secondary N) is 1. The van der Waals surface area contributed by atoms with E-state index in [1.54, 1.807) is 24.0 Å². The molecular formula is C10H11N7. The Hall–Kier alpha value is -2.57. The molecule has 7 nitrogen and oxygen atoms in total. The quantitative estimate of drug-likeness (QED) is 0.563. The zero-order valence-electron chi connectivity index (χ0n) is 9.18. The van der Waals surface area contributed by atoms with Crippen molar-refractivity contribution in [2.45, 2.75) is 0 Å². The van der Waals surface area contributed by atoms with Crippen LogP contribution in [0.5, 0.6) is 0 Å². The molecule has 0 saturated heterocycles. The van der Waals surface area contributed by atoms with Gasteiger partial charge in [-0.2, -0.15) is 5.10 Å². The molecule has 0 radical (unpaired) electrons. The van der Waals surface area contributed by atoms with Crippen molar-refractivity contribution in [3.05, 3.63) is 18.3 Å². The Morgan fingerprint density at radius 3 is 2.76 bits per heavy atom. The first-order chi connectivity index (χ1) is 8.15. The van der Waals surface area contributed by atoms with E-state index in [1.165, 1.54) is 0 Å². The highest BCUT2D eigenvalue weighted by molar-refractivity contribution is 5.79. The minimum atomic E-state index is 0.440. The summed E-state index contributed by atoms with van der Waals surface area (Å²) in [6.45, 7) is 0. The molecule has 7 heteroatoms. The molecule has 0 atom stereocenters. The highest BCUT2D eigenvalue weighted by Gasteiger charge is 2.12. The van der Waals surface area contributed by atoms with Crippen molar-refractivity contribution in [2.75, 3.05) is 11.5 Å². The summed E-state index contributed by atoms with van der Waals surface area (Å²) in [5, 5.41) is 4.07. The Morgan fingerprint density at radius 1 is 1.24 bits per heavy atom. The fourth-order valence-corrected chi connectivity index (χ4v) is 1.66. The number of anilines is 2. The van der Waals surface area contributed by atoms with Crippen LogP contribution in [0.1, 0.15) is 0 Å². The topological polar surface area (TPSA) is 111 Å². The zero-order chi connectivity index (χ0) is 12.0. The molecule has 0 fully saturated rings. The van der Waals surface area contributed by atoms with Crippen molar-refractivity contribution in [2.24, 2.45) is 7.05 Å². The normalized spacial score (nSPS) is 11.1. The van der Waals surface area contributed by atoms with Crippen LogP contribution in [0.15, 0.2) is 18.3 Å². The van der Waals surface area contributed by atoms with Crippen LogP contribution in [-0.4, -0.2) is 24.7 Å². The molecule has 86 valence electrons. The molecule has 0 aliphatic heterocycles. The lowest BCUT2D eigenvalue weighted by Crippen LogP contribution is -1.98. The number of pyridine rings is 1. The largest absolute Gasteiger partial charge is 0.384 e. The van der Waals surface area contributed by atoms with Gasteiger partial charge < -0.3 is 16.5 Å². The van der Waals surface area contributed by atoms with Crippen LogP contribution in [0.2, 0.25) is 0 Å². The van der Waals surface area contributed by atoms with Gasteiger partial charge >= 0.3 is 0 Å². The molecule has 0 aliphatic rings. The lowest BCUT2D eigenvalue weighted by atomic mass is 10.3. The van der Waals surface area contributed by atoms with Crippen LogP contribution in [0.25, 0.3) is 22.6 Å². The highest BCUT2D eigenvalue weighted by atomic mass is 15.3. The predicted molar refractivity (Wildman–Crippen MR) is 64.9 cm³/mol. The summed E-state index contributed by atoms with van der Waals surface area (Å²) in [4.78, 5) is 11.6. The number of aromatic amines is 1. The molecule has 5 N–H and O–H groups in total. The van der Waals surface area contributed by atoms with E-state index in [-0.39, 0.29) is 0 Å². The summed E-state index contributed by atoms with van der Waals surface area (Å²) in [5.41, 5.74) is 13.6. The predicted octanol–water partition coefficient (Wildman–Crippen LogP) is 0.523. The van der Waals surface area contributed by atoms with Gasteiger partial charge in [-0.15, -0.1) is 0 Å². The third-order valence-electron chi connectivity index (χ3n) is 2.61. The van der Waals surface area contributed by atoms with Crippen molar-refractivity contribution in [3.63, 3.8) is 0 Å². The first kappa shape index (κ1) is 9.64. The summed E-state index contributed by atoms with van der Waals surface area (Å²) in [6, 6.07) is 3.55. The maximum atomic E-state index is 5.88. The smallest absolute Gasteiger partial charge is 0.180 e. The van der Waals surface area contributed by atoms with Gasteiger partial charge in [0.2, 0.25) is 0 Å². The number of imidazole rings is 1. The van der Waals surface area contributed by atoms with E-state index >= 15 is 0 Å². The molecule has 3 aromatic heterocycles. The lowest BCUT2D eigenvalue weighted by molar-refractivity contribution is 0.779. The second-order valence-corrected chi connectivity index (χ2v) is 3.76. The number of aromatic nitrogens is 5. The zero-order valence-corrected chi connectivity index (χ0v) is 9.18. The summed E-state index contributed by atoms with van der Waals surface area (Å²) >= 11 is 0. The number of H-pyrrole nitrogens is 1.